The molecule has 2 aromatic rings. The Hall–Kier alpha value is -2.37. The monoisotopic (exact) mass is 387 g/mol. The van der Waals surface area contributed by atoms with E-state index in [4.69, 9.17) is 17.3 Å². The van der Waals surface area contributed by atoms with Crippen molar-refractivity contribution in [1.29, 1.82) is 0 Å². The third-order valence-electron chi connectivity index (χ3n) is 4.65. The van der Waals surface area contributed by atoms with E-state index in [9.17, 15) is 9.59 Å². The maximum absolute atomic E-state index is 12.5. The van der Waals surface area contributed by atoms with E-state index in [1.54, 1.807) is 30.0 Å². The van der Waals surface area contributed by atoms with Crippen molar-refractivity contribution in [3.05, 3.63) is 64.7 Å². The molecule has 2 rings (SSSR count). The number of hydrogen-bond acceptors (Lipinski definition) is 3. The van der Waals surface area contributed by atoms with E-state index in [0.29, 0.717) is 29.4 Å². The highest BCUT2D eigenvalue weighted by atomic mass is 35.5. The fraction of sp³-hybridized carbons (Fsp3) is 0.333. The summed E-state index contributed by atoms with van der Waals surface area (Å²) in [6, 6.07) is 14.0. The minimum absolute atomic E-state index is 0.123. The predicted octanol–water partition coefficient (Wildman–Crippen LogP) is 4.10. The second kappa shape index (κ2) is 9.53. The van der Waals surface area contributed by atoms with Gasteiger partial charge in [-0.2, -0.15) is 0 Å². The van der Waals surface area contributed by atoms with Gasteiger partial charge in [-0.1, -0.05) is 48.9 Å². The van der Waals surface area contributed by atoms with E-state index in [0.717, 1.165) is 5.56 Å². The van der Waals surface area contributed by atoms with Crippen LogP contribution in [-0.2, 0) is 4.79 Å². The molecule has 2 unspecified atom stereocenters. The minimum Gasteiger partial charge on any atom is -0.339 e. The number of nitrogens with two attached hydrogens (primary N) is 1. The molecule has 0 fully saturated rings. The first-order chi connectivity index (χ1) is 12.9. The first kappa shape index (κ1) is 20.9. The van der Waals surface area contributed by atoms with Crippen LogP contribution in [0.1, 0.15) is 42.7 Å². The number of rotatable bonds is 7. The quantitative estimate of drug-likeness (QED) is 0.751. The van der Waals surface area contributed by atoms with Crippen LogP contribution in [0.2, 0.25) is 5.02 Å². The van der Waals surface area contributed by atoms with Crippen LogP contribution in [0.4, 0.5) is 5.69 Å². The Morgan fingerprint density at radius 3 is 2.30 bits per heavy atom. The molecule has 27 heavy (non-hydrogen) atoms. The second-order valence-corrected chi connectivity index (χ2v) is 6.79. The lowest BCUT2D eigenvalue weighted by Crippen LogP contribution is -2.31. The molecule has 2 amide bonds. The van der Waals surface area contributed by atoms with Crippen LogP contribution in [0.5, 0.6) is 0 Å². The normalized spacial score (nSPS) is 12.9. The number of nitrogens with one attached hydrogen (secondary N) is 1. The van der Waals surface area contributed by atoms with Gasteiger partial charge in [0.2, 0.25) is 5.91 Å². The topological polar surface area (TPSA) is 75.4 Å². The van der Waals surface area contributed by atoms with Crippen molar-refractivity contribution in [3.8, 4) is 0 Å². The molecular weight excluding hydrogens is 362 g/mol. The van der Waals surface area contributed by atoms with Gasteiger partial charge >= 0.3 is 0 Å². The number of amides is 2. The first-order valence-electron chi connectivity index (χ1n) is 9.09. The van der Waals surface area contributed by atoms with E-state index < -0.39 is 12.0 Å². The first-order valence-corrected chi connectivity index (χ1v) is 9.47. The largest absolute Gasteiger partial charge is 0.339 e. The molecule has 6 heteroatoms. The molecule has 0 aromatic heterocycles. The van der Waals surface area contributed by atoms with E-state index in [2.05, 4.69) is 5.32 Å². The molecule has 0 saturated heterocycles. The summed E-state index contributed by atoms with van der Waals surface area (Å²) in [6.45, 7) is 6.84. The van der Waals surface area contributed by atoms with Gasteiger partial charge < -0.3 is 16.0 Å². The van der Waals surface area contributed by atoms with Crippen molar-refractivity contribution in [1.82, 2.24) is 4.90 Å². The zero-order valence-corrected chi connectivity index (χ0v) is 16.7. The van der Waals surface area contributed by atoms with Gasteiger partial charge in [-0.05, 0) is 37.6 Å². The van der Waals surface area contributed by atoms with Gasteiger partial charge in [0, 0.05) is 24.8 Å². The Kier molecular flexibility index (Phi) is 7.39. The minimum atomic E-state index is -0.428. The maximum atomic E-state index is 12.5. The van der Waals surface area contributed by atoms with Crippen molar-refractivity contribution in [2.24, 2.45) is 11.7 Å². The molecule has 3 N–H and O–H groups in total. The fourth-order valence-corrected chi connectivity index (χ4v) is 3.09. The van der Waals surface area contributed by atoms with Crippen LogP contribution in [0, 0.1) is 5.92 Å². The van der Waals surface area contributed by atoms with Crippen LogP contribution in [0.3, 0.4) is 0 Å². The Morgan fingerprint density at radius 2 is 1.74 bits per heavy atom. The van der Waals surface area contributed by atoms with Crippen molar-refractivity contribution < 1.29 is 9.59 Å². The van der Waals surface area contributed by atoms with E-state index in [1.807, 2.05) is 44.2 Å². The number of nitrogens with zero attached hydrogens (tertiary/aromatic N) is 1. The van der Waals surface area contributed by atoms with Gasteiger partial charge in [-0.15, -0.1) is 0 Å². The lowest BCUT2D eigenvalue weighted by atomic mass is 9.94. The van der Waals surface area contributed by atoms with Gasteiger partial charge in [0.1, 0.15) is 0 Å². The van der Waals surface area contributed by atoms with Crippen LogP contribution in [0.15, 0.2) is 48.5 Å². The summed E-state index contributed by atoms with van der Waals surface area (Å²) in [5, 5.41) is 3.14. The van der Waals surface area contributed by atoms with Crippen molar-refractivity contribution in [2.45, 2.75) is 26.8 Å². The molecule has 5 nitrogen and oxygen atoms in total. The molecule has 144 valence electrons. The second-order valence-electron chi connectivity index (χ2n) is 6.39. The third-order valence-corrected chi connectivity index (χ3v) is 4.97. The molecule has 2 atom stereocenters. The molecule has 0 aliphatic carbocycles. The van der Waals surface area contributed by atoms with Crippen molar-refractivity contribution in [3.63, 3.8) is 0 Å². The number of carbonyl (C=O) groups excluding carboxylic acids is 2. The Morgan fingerprint density at radius 1 is 1.11 bits per heavy atom. The molecule has 0 aliphatic rings. The van der Waals surface area contributed by atoms with E-state index in [1.165, 1.54) is 0 Å². The van der Waals surface area contributed by atoms with Crippen LogP contribution >= 0.6 is 11.6 Å². The van der Waals surface area contributed by atoms with E-state index >= 15 is 0 Å². The Labute approximate surface area is 165 Å². The number of carbonyl (C=O) groups is 2. The number of anilines is 1. The molecule has 2 aromatic carbocycles. The molecule has 0 saturated carbocycles. The van der Waals surface area contributed by atoms with Gasteiger partial charge in [0.25, 0.3) is 5.91 Å². The summed E-state index contributed by atoms with van der Waals surface area (Å²) in [6.07, 6.45) is 0. The molecule has 0 bridgehead atoms. The summed E-state index contributed by atoms with van der Waals surface area (Å²) in [5.74, 6) is -0.754. The molecule has 0 spiro atoms. The Bertz CT molecular complexity index is 791. The van der Waals surface area contributed by atoms with Crippen LogP contribution in [0.25, 0.3) is 0 Å². The van der Waals surface area contributed by atoms with Crippen molar-refractivity contribution >= 4 is 29.1 Å². The molecule has 0 radical (unpaired) electrons. The summed E-state index contributed by atoms with van der Waals surface area (Å²) < 4.78 is 0. The lowest BCUT2D eigenvalue weighted by Gasteiger charge is -2.21. The molecule has 0 aliphatic heterocycles. The van der Waals surface area contributed by atoms with Gasteiger partial charge in [0.05, 0.1) is 16.5 Å². The summed E-state index contributed by atoms with van der Waals surface area (Å²) in [5.41, 5.74) is 8.07. The Balaban J connectivity index is 2.10. The zero-order valence-electron chi connectivity index (χ0n) is 15.9. The number of halogens is 1. The molecule has 0 heterocycles. The van der Waals surface area contributed by atoms with Gasteiger partial charge in [-0.25, -0.2) is 0 Å². The smallest absolute Gasteiger partial charge is 0.255 e. The zero-order chi connectivity index (χ0) is 20.0. The lowest BCUT2D eigenvalue weighted by molar-refractivity contribution is -0.120. The average Bonchev–Trinajstić information content (AvgIpc) is 2.68. The highest BCUT2D eigenvalue weighted by Gasteiger charge is 2.23. The van der Waals surface area contributed by atoms with Crippen LogP contribution in [-0.4, -0.2) is 29.8 Å². The van der Waals surface area contributed by atoms with E-state index in [-0.39, 0.29) is 11.8 Å². The van der Waals surface area contributed by atoms with Crippen LogP contribution < -0.4 is 11.1 Å². The summed E-state index contributed by atoms with van der Waals surface area (Å²) >= 11 is 6.28. The highest BCUT2D eigenvalue weighted by Crippen LogP contribution is 2.25. The summed E-state index contributed by atoms with van der Waals surface area (Å²) in [7, 11) is 0. The standard InChI is InChI=1S/C21H26ClN3O2/c1-4-25(5-2)21(27)17-12-11-16(13-18(17)22)24-20(26)14(3)19(23)15-9-7-6-8-10-15/h6-14,19H,4-5,23H2,1-3H3,(H,24,26). The highest BCUT2D eigenvalue weighted by molar-refractivity contribution is 6.34. The average molecular weight is 388 g/mol. The van der Waals surface area contributed by atoms with Gasteiger partial charge in [-0.3, -0.25) is 9.59 Å². The molecular formula is C21H26ClN3O2. The van der Waals surface area contributed by atoms with Crippen molar-refractivity contribution in [2.75, 3.05) is 18.4 Å². The maximum Gasteiger partial charge on any atom is 0.255 e. The number of benzene rings is 2. The fourth-order valence-electron chi connectivity index (χ4n) is 2.83. The number of hydrogen-bond donors (Lipinski definition) is 2. The van der Waals surface area contributed by atoms with Gasteiger partial charge in [0.15, 0.2) is 0 Å². The third kappa shape index (κ3) is 5.08. The summed E-state index contributed by atoms with van der Waals surface area (Å²) in [4.78, 5) is 26.7. The SMILES string of the molecule is CCN(CC)C(=O)c1ccc(NC(=O)C(C)C(N)c2ccccc2)cc1Cl. The predicted molar refractivity (Wildman–Crippen MR) is 110 cm³/mol.